The zero-order valence-corrected chi connectivity index (χ0v) is 12.7. The summed E-state index contributed by atoms with van der Waals surface area (Å²) >= 11 is 1.54. The third kappa shape index (κ3) is 6.03. The van der Waals surface area contributed by atoms with E-state index in [4.69, 9.17) is 9.84 Å². The second-order valence-corrected chi connectivity index (χ2v) is 5.41. The van der Waals surface area contributed by atoms with Crippen LogP contribution in [0.25, 0.3) is 0 Å². The number of hydrogen-bond acceptors (Lipinski definition) is 4. The smallest absolute Gasteiger partial charge is 0.346 e. The molecule has 0 spiro atoms. The first-order chi connectivity index (χ1) is 9.93. The lowest BCUT2D eigenvalue weighted by Gasteiger charge is -2.17. The molecule has 1 aromatic carbocycles. The molecule has 7 heteroatoms. The number of aliphatic carboxylic acids is 1. The van der Waals surface area contributed by atoms with Crippen LogP contribution in [0.4, 0.5) is 4.39 Å². The number of thioether (sulfide) groups is 1. The third-order valence-electron chi connectivity index (χ3n) is 2.69. The Balaban J connectivity index is 2.56. The molecule has 1 aromatic rings. The van der Waals surface area contributed by atoms with E-state index in [-0.39, 0.29) is 24.1 Å². The van der Waals surface area contributed by atoms with Crippen LogP contribution in [0, 0.1) is 11.7 Å². The van der Waals surface area contributed by atoms with E-state index in [2.05, 4.69) is 5.32 Å². The van der Waals surface area contributed by atoms with Crippen molar-refractivity contribution in [3.8, 4) is 5.75 Å². The maximum atomic E-state index is 12.8. The fourth-order valence-corrected chi connectivity index (χ4v) is 2.20. The number of amides is 1. The maximum Gasteiger partial charge on any atom is 0.346 e. The lowest BCUT2D eigenvalue weighted by molar-refractivity contribution is -0.145. The first-order valence-corrected chi connectivity index (χ1v) is 7.75. The number of nitrogens with one attached hydrogen (secondary N) is 1. The first kappa shape index (κ1) is 17.3. The molecule has 5 nitrogen and oxygen atoms in total. The average Bonchev–Trinajstić information content (AvgIpc) is 2.45. The van der Waals surface area contributed by atoms with Crippen molar-refractivity contribution in [2.75, 3.05) is 18.6 Å². The largest absolute Gasteiger partial charge is 0.478 e. The Morgan fingerprint density at radius 1 is 1.38 bits per heavy atom. The minimum atomic E-state index is -1.22. The van der Waals surface area contributed by atoms with E-state index in [0.29, 0.717) is 5.75 Å². The summed E-state index contributed by atoms with van der Waals surface area (Å²) in [6, 6.07) is 5.02. The second kappa shape index (κ2) is 8.51. The van der Waals surface area contributed by atoms with Crippen molar-refractivity contribution < 1.29 is 23.8 Å². The number of benzene rings is 1. The van der Waals surface area contributed by atoms with Crippen LogP contribution >= 0.6 is 11.8 Å². The normalized spacial score (nSPS) is 13.3. The van der Waals surface area contributed by atoms with Gasteiger partial charge in [-0.15, -0.1) is 0 Å². The molecule has 0 saturated heterocycles. The van der Waals surface area contributed by atoms with Gasteiger partial charge in [-0.25, -0.2) is 9.18 Å². The number of halogens is 1. The average molecular weight is 315 g/mol. The molecule has 116 valence electrons. The zero-order valence-electron chi connectivity index (χ0n) is 11.8. The molecule has 2 N–H and O–H groups in total. The fourth-order valence-electron chi connectivity index (χ4n) is 1.55. The highest BCUT2D eigenvalue weighted by Crippen LogP contribution is 2.13. The quantitative estimate of drug-likeness (QED) is 0.765. The molecule has 0 fully saturated rings. The number of carboxylic acid groups (broad SMARTS) is 1. The van der Waals surface area contributed by atoms with Gasteiger partial charge in [-0.3, -0.25) is 4.79 Å². The molecule has 0 aliphatic carbocycles. The number of carboxylic acids is 1. The molecule has 0 aliphatic heterocycles. The van der Waals surface area contributed by atoms with Gasteiger partial charge in [0.25, 0.3) is 0 Å². The van der Waals surface area contributed by atoms with E-state index < -0.39 is 17.9 Å². The van der Waals surface area contributed by atoms with Crippen molar-refractivity contribution in [2.45, 2.75) is 13.0 Å². The summed E-state index contributed by atoms with van der Waals surface area (Å²) in [6.45, 7) is 1.62. The third-order valence-corrected chi connectivity index (χ3v) is 3.53. The molecule has 0 bridgehead atoms. The molecule has 0 heterocycles. The van der Waals surface area contributed by atoms with Crippen LogP contribution in [-0.2, 0) is 9.59 Å². The van der Waals surface area contributed by atoms with Crippen LogP contribution in [0.1, 0.15) is 6.92 Å². The highest BCUT2D eigenvalue weighted by Gasteiger charge is 2.22. The summed E-state index contributed by atoms with van der Waals surface area (Å²) in [4.78, 5) is 22.9. The van der Waals surface area contributed by atoms with Gasteiger partial charge in [-0.1, -0.05) is 6.92 Å². The minimum Gasteiger partial charge on any atom is -0.478 e. The molecule has 0 radical (unpaired) electrons. The Bertz CT molecular complexity index is 480. The number of ether oxygens (including phenoxy) is 1. The first-order valence-electron chi connectivity index (χ1n) is 6.35. The Morgan fingerprint density at radius 2 is 2.00 bits per heavy atom. The van der Waals surface area contributed by atoms with Gasteiger partial charge in [0, 0.05) is 11.7 Å². The molecule has 1 rings (SSSR count). The molecule has 2 unspecified atom stereocenters. The van der Waals surface area contributed by atoms with Crippen LogP contribution in [0.3, 0.4) is 0 Å². The van der Waals surface area contributed by atoms with E-state index in [1.54, 1.807) is 6.92 Å². The predicted octanol–water partition coefficient (Wildman–Crippen LogP) is 1.77. The molecular formula is C14H18FNO4S. The van der Waals surface area contributed by atoms with Crippen molar-refractivity contribution >= 4 is 23.6 Å². The summed E-state index contributed by atoms with van der Waals surface area (Å²) < 4.78 is 18.0. The van der Waals surface area contributed by atoms with Crippen molar-refractivity contribution in [1.82, 2.24) is 5.32 Å². The Kier molecular flexibility index (Phi) is 7.01. The number of carbonyl (C=O) groups excluding carboxylic acids is 1. The molecule has 0 aromatic heterocycles. The summed E-state index contributed by atoms with van der Waals surface area (Å²) in [5.74, 6) is -1.18. The topological polar surface area (TPSA) is 75.6 Å². The summed E-state index contributed by atoms with van der Waals surface area (Å²) in [7, 11) is 0. The van der Waals surface area contributed by atoms with E-state index in [9.17, 15) is 14.0 Å². The SMILES string of the molecule is CSCC(C)C(=O)NCC(Oc1ccc(F)cc1)C(=O)O. The summed E-state index contributed by atoms with van der Waals surface area (Å²) in [5.41, 5.74) is 0. The summed E-state index contributed by atoms with van der Waals surface area (Å²) in [6.07, 6.45) is 0.669. The van der Waals surface area contributed by atoms with Gasteiger partial charge in [0.15, 0.2) is 0 Å². The van der Waals surface area contributed by atoms with Gasteiger partial charge in [0.05, 0.1) is 6.54 Å². The van der Waals surface area contributed by atoms with Gasteiger partial charge in [-0.05, 0) is 30.5 Å². The monoisotopic (exact) mass is 315 g/mol. The molecular weight excluding hydrogens is 297 g/mol. The van der Waals surface area contributed by atoms with Gasteiger partial charge in [0.1, 0.15) is 11.6 Å². The second-order valence-electron chi connectivity index (χ2n) is 4.50. The van der Waals surface area contributed by atoms with Crippen molar-refractivity contribution in [3.63, 3.8) is 0 Å². The van der Waals surface area contributed by atoms with E-state index >= 15 is 0 Å². The maximum absolute atomic E-state index is 12.8. The van der Waals surface area contributed by atoms with E-state index in [1.165, 1.54) is 36.0 Å². The number of carbonyl (C=O) groups is 2. The summed E-state index contributed by atoms with van der Waals surface area (Å²) in [5, 5.41) is 11.6. The number of rotatable bonds is 8. The van der Waals surface area contributed by atoms with Crippen LogP contribution in [0.15, 0.2) is 24.3 Å². The lowest BCUT2D eigenvalue weighted by Crippen LogP contribution is -2.42. The molecule has 1 amide bonds. The molecule has 0 saturated carbocycles. The lowest BCUT2D eigenvalue weighted by atomic mass is 10.2. The van der Waals surface area contributed by atoms with Crippen LogP contribution in [0.5, 0.6) is 5.75 Å². The van der Waals surface area contributed by atoms with E-state index in [0.717, 1.165) is 0 Å². The van der Waals surface area contributed by atoms with Crippen molar-refractivity contribution in [1.29, 1.82) is 0 Å². The molecule has 0 aliphatic rings. The number of hydrogen-bond donors (Lipinski definition) is 2. The van der Waals surface area contributed by atoms with Crippen molar-refractivity contribution in [3.05, 3.63) is 30.1 Å². The van der Waals surface area contributed by atoms with Gasteiger partial charge in [-0.2, -0.15) is 11.8 Å². The van der Waals surface area contributed by atoms with Crippen LogP contribution in [0.2, 0.25) is 0 Å². The van der Waals surface area contributed by atoms with Crippen LogP contribution in [-0.4, -0.2) is 41.6 Å². The van der Waals surface area contributed by atoms with Gasteiger partial charge < -0.3 is 15.2 Å². The molecule has 2 atom stereocenters. The van der Waals surface area contributed by atoms with Crippen molar-refractivity contribution in [2.24, 2.45) is 5.92 Å². The highest BCUT2D eigenvalue weighted by atomic mass is 32.2. The Hall–Kier alpha value is -1.76. The standard InChI is InChI=1S/C14H18FNO4S/c1-9(8-21-2)13(17)16-7-12(14(18)19)20-11-5-3-10(15)4-6-11/h3-6,9,12H,7-8H2,1-2H3,(H,16,17)(H,18,19). The molecule has 21 heavy (non-hydrogen) atoms. The van der Waals surface area contributed by atoms with Gasteiger partial charge in [0.2, 0.25) is 12.0 Å². The predicted molar refractivity (Wildman–Crippen MR) is 79.0 cm³/mol. The van der Waals surface area contributed by atoms with Crippen LogP contribution < -0.4 is 10.1 Å². The Labute approximate surface area is 126 Å². The minimum absolute atomic E-state index is 0.149. The zero-order chi connectivity index (χ0) is 15.8. The fraction of sp³-hybridized carbons (Fsp3) is 0.429. The van der Waals surface area contributed by atoms with E-state index in [1.807, 2.05) is 6.26 Å². The highest BCUT2D eigenvalue weighted by molar-refractivity contribution is 7.98. The van der Waals surface area contributed by atoms with Gasteiger partial charge >= 0.3 is 5.97 Å². The Morgan fingerprint density at radius 3 is 2.52 bits per heavy atom.